The maximum Gasteiger partial charge on any atom is 0.413 e. The van der Waals surface area contributed by atoms with Gasteiger partial charge in [-0.2, -0.15) is 0 Å². The van der Waals surface area contributed by atoms with Gasteiger partial charge in [0.25, 0.3) is 0 Å². The molecule has 1 N–H and O–H groups in total. The first-order valence-electron chi connectivity index (χ1n) is 6.54. The quantitative estimate of drug-likeness (QED) is 0.820. The van der Waals surface area contributed by atoms with E-state index in [9.17, 15) is 4.79 Å². The number of hydrogen-bond acceptors (Lipinski definition) is 2. The van der Waals surface area contributed by atoms with Crippen LogP contribution >= 0.6 is 23.2 Å². The van der Waals surface area contributed by atoms with E-state index in [1.807, 2.05) is 6.07 Å². The van der Waals surface area contributed by atoms with Crippen LogP contribution in [-0.4, -0.2) is 12.1 Å². The highest BCUT2D eigenvalue weighted by Gasteiger charge is 2.06. The van der Waals surface area contributed by atoms with Gasteiger partial charge in [0.15, 0.2) is 0 Å². The number of hydrogen-bond donors (Lipinski definition) is 1. The van der Waals surface area contributed by atoms with E-state index in [4.69, 9.17) is 27.9 Å². The monoisotopic (exact) mass is 333 g/mol. The van der Waals surface area contributed by atoms with Gasteiger partial charge in [-0.3, -0.25) is 0 Å². The van der Waals surface area contributed by atoms with Crippen LogP contribution in [0.4, 0.5) is 4.79 Å². The fourth-order valence-corrected chi connectivity index (χ4v) is 1.90. The third-order valence-electron chi connectivity index (χ3n) is 2.64. The minimum absolute atomic E-state index is 0.370. The lowest BCUT2D eigenvalue weighted by Gasteiger charge is -2.08. The molecule has 0 fully saturated rings. The van der Waals surface area contributed by atoms with Gasteiger partial charge >= 0.3 is 6.09 Å². The fraction of sp³-hybridized carbons (Fsp3) is 0.118. The standard InChI is InChI=1S/C17H13Cl2NO2/c1-12(7-8-13-9-10-15(18)16(19)11-13)20-17(21)22-14-5-3-2-4-6-14/h2-6,9-12H,1H3,(H,20,21). The van der Waals surface area contributed by atoms with Gasteiger partial charge in [0.05, 0.1) is 16.1 Å². The summed E-state index contributed by atoms with van der Waals surface area (Å²) >= 11 is 11.7. The summed E-state index contributed by atoms with van der Waals surface area (Å²) in [7, 11) is 0. The lowest BCUT2D eigenvalue weighted by Crippen LogP contribution is -2.33. The molecule has 0 bridgehead atoms. The molecule has 2 rings (SSSR count). The summed E-state index contributed by atoms with van der Waals surface area (Å²) in [6.45, 7) is 1.76. The van der Waals surface area contributed by atoms with E-state index >= 15 is 0 Å². The third kappa shape index (κ3) is 5.00. The summed E-state index contributed by atoms with van der Waals surface area (Å²) in [6, 6.07) is 13.6. The Kier molecular flexibility index (Phi) is 5.71. The molecule has 3 nitrogen and oxygen atoms in total. The number of nitrogens with one attached hydrogen (secondary N) is 1. The minimum atomic E-state index is -0.554. The van der Waals surface area contributed by atoms with Crippen LogP contribution in [0.3, 0.4) is 0 Å². The highest BCUT2D eigenvalue weighted by Crippen LogP contribution is 2.22. The number of ether oxygens (including phenoxy) is 1. The van der Waals surface area contributed by atoms with E-state index in [1.165, 1.54) is 0 Å². The Labute approximate surface area is 139 Å². The molecule has 0 aliphatic rings. The van der Waals surface area contributed by atoms with Crippen LogP contribution in [0.25, 0.3) is 0 Å². The zero-order valence-electron chi connectivity index (χ0n) is 11.8. The molecule has 112 valence electrons. The van der Waals surface area contributed by atoms with Crippen LogP contribution < -0.4 is 10.1 Å². The number of amides is 1. The van der Waals surface area contributed by atoms with Crippen molar-refractivity contribution in [2.24, 2.45) is 0 Å². The molecule has 0 spiro atoms. The lowest BCUT2D eigenvalue weighted by atomic mass is 10.2. The van der Waals surface area contributed by atoms with E-state index in [1.54, 1.807) is 49.4 Å². The number of carbonyl (C=O) groups excluding carboxylic acids is 1. The van der Waals surface area contributed by atoms with E-state index < -0.39 is 6.09 Å². The molecule has 2 aromatic carbocycles. The topological polar surface area (TPSA) is 38.3 Å². The summed E-state index contributed by atoms with van der Waals surface area (Å²) in [5.41, 5.74) is 0.722. The van der Waals surface area contributed by atoms with Gasteiger partial charge in [0.1, 0.15) is 5.75 Å². The maximum absolute atomic E-state index is 11.7. The predicted molar refractivity (Wildman–Crippen MR) is 88.4 cm³/mol. The Morgan fingerprint density at radius 1 is 1.14 bits per heavy atom. The molecule has 0 radical (unpaired) electrons. The summed E-state index contributed by atoms with van der Waals surface area (Å²) in [5.74, 6) is 6.29. The summed E-state index contributed by atoms with van der Waals surface area (Å²) < 4.78 is 5.12. The van der Waals surface area contributed by atoms with Gasteiger partial charge in [0.2, 0.25) is 0 Å². The zero-order chi connectivity index (χ0) is 15.9. The maximum atomic E-state index is 11.7. The first kappa shape index (κ1) is 16.2. The van der Waals surface area contributed by atoms with Crippen molar-refractivity contribution in [2.75, 3.05) is 0 Å². The van der Waals surface area contributed by atoms with Crippen molar-refractivity contribution >= 4 is 29.3 Å². The predicted octanol–water partition coefficient (Wildman–Crippen LogP) is 4.52. The first-order chi connectivity index (χ1) is 10.5. The van der Waals surface area contributed by atoms with Gasteiger partial charge in [-0.05, 0) is 37.3 Å². The van der Waals surface area contributed by atoms with Crippen molar-refractivity contribution in [1.29, 1.82) is 0 Å². The molecule has 22 heavy (non-hydrogen) atoms. The summed E-state index contributed by atoms with van der Waals surface area (Å²) in [6.07, 6.45) is -0.554. The Bertz CT molecular complexity index is 720. The fourth-order valence-electron chi connectivity index (χ4n) is 1.60. The second kappa shape index (κ2) is 7.74. The highest BCUT2D eigenvalue weighted by atomic mass is 35.5. The van der Waals surface area contributed by atoms with Gasteiger partial charge in [-0.15, -0.1) is 0 Å². The second-order valence-electron chi connectivity index (χ2n) is 4.47. The lowest BCUT2D eigenvalue weighted by molar-refractivity contribution is 0.199. The number of halogens is 2. The molecule has 0 aliphatic heterocycles. The van der Waals surface area contributed by atoms with Crippen LogP contribution in [0.1, 0.15) is 12.5 Å². The van der Waals surface area contributed by atoms with E-state index in [0.717, 1.165) is 5.56 Å². The second-order valence-corrected chi connectivity index (χ2v) is 5.28. The average Bonchev–Trinajstić information content (AvgIpc) is 2.49. The van der Waals surface area contributed by atoms with E-state index in [0.29, 0.717) is 15.8 Å². The molecule has 0 heterocycles. The van der Waals surface area contributed by atoms with Crippen molar-refractivity contribution in [3.8, 4) is 17.6 Å². The van der Waals surface area contributed by atoms with Gasteiger partial charge in [-0.1, -0.05) is 53.2 Å². The molecule has 0 saturated carbocycles. The molecular formula is C17H13Cl2NO2. The number of para-hydroxylation sites is 1. The zero-order valence-corrected chi connectivity index (χ0v) is 13.3. The number of carbonyl (C=O) groups is 1. The molecule has 0 aliphatic carbocycles. The Hall–Kier alpha value is -2.15. The molecular weight excluding hydrogens is 321 g/mol. The molecule has 2 aromatic rings. The largest absolute Gasteiger partial charge is 0.413 e. The van der Waals surface area contributed by atoms with Crippen molar-refractivity contribution in [3.63, 3.8) is 0 Å². The summed E-state index contributed by atoms with van der Waals surface area (Å²) in [4.78, 5) is 11.7. The molecule has 0 saturated heterocycles. The van der Waals surface area contributed by atoms with Crippen LogP contribution in [0, 0.1) is 11.8 Å². The number of rotatable bonds is 2. The van der Waals surface area contributed by atoms with Gasteiger partial charge in [0, 0.05) is 5.56 Å². The molecule has 1 atom stereocenters. The molecule has 5 heteroatoms. The smallest absolute Gasteiger partial charge is 0.410 e. The van der Waals surface area contributed by atoms with E-state index in [2.05, 4.69) is 17.2 Å². The average molecular weight is 334 g/mol. The summed E-state index contributed by atoms with van der Waals surface area (Å²) in [5, 5.41) is 3.55. The Morgan fingerprint density at radius 3 is 2.55 bits per heavy atom. The van der Waals surface area contributed by atoms with Crippen molar-refractivity contribution in [1.82, 2.24) is 5.32 Å². The van der Waals surface area contributed by atoms with Crippen LogP contribution in [0.15, 0.2) is 48.5 Å². The highest BCUT2D eigenvalue weighted by molar-refractivity contribution is 6.42. The SMILES string of the molecule is CC(C#Cc1ccc(Cl)c(Cl)c1)NC(=O)Oc1ccccc1. The van der Waals surface area contributed by atoms with Crippen LogP contribution in [0.5, 0.6) is 5.75 Å². The van der Waals surface area contributed by atoms with Crippen LogP contribution in [-0.2, 0) is 0 Å². The number of benzene rings is 2. The third-order valence-corrected chi connectivity index (χ3v) is 3.38. The van der Waals surface area contributed by atoms with Crippen molar-refractivity contribution in [2.45, 2.75) is 13.0 Å². The molecule has 0 aromatic heterocycles. The van der Waals surface area contributed by atoms with E-state index in [-0.39, 0.29) is 6.04 Å². The Balaban J connectivity index is 1.92. The van der Waals surface area contributed by atoms with Crippen LogP contribution in [0.2, 0.25) is 10.0 Å². The minimum Gasteiger partial charge on any atom is -0.410 e. The van der Waals surface area contributed by atoms with Crippen molar-refractivity contribution < 1.29 is 9.53 Å². The molecule has 1 amide bonds. The first-order valence-corrected chi connectivity index (χ1v) is 7.30. The normalized spacial score (nSPS) is 11.0. The van der Waals surface area contributed by atoms with Gasteiger partial charge < -0.3 is 10.1 Å². The Morgan fingerprint density at radius 2 is 1.86 bits per heavy atom. The van der Waals surface area contributed by atoms with Crippen molar-refractivity contribution in [3.05, 3.63) is 64.1 Å². The molecule has 1 unspecified atom stereocenters. The van der Waals surface area contributed by atoms with Gasteiger partial charge in [-0.25, -0.2) is 4.79 Å².